The fourth-order valence-corrected chi connectivity index (χ4v) is 3.26. The molecule has 1 aliphatic carbocycles. The Bertz CT molecular complexity index is 707. The van der Waals surface area contributed by atoms with Gasteiger partial charge in [-0.3, -0.25) is 0 Å². The molecular weight excluding hydrogens is 304 g/mol. The van der Waals surface area contributed by atoms with Crippen LogP contribution in [0.2, 0.25) is 0 Å². The van der Waals surface area contributed by atoms with Crippen molar-refractivity contribution in [2.24, 2.45) is 5.92 Å². The van der Waals surface area contributed by atoms with Gasteiger partial charge in [0.15, 0.2) is 5.65 Å². The average molecular weight is 328 g/mol. The van der Waals surface area contributed by atoms with E-state index in [0.29, 0.717) is 38.1 Å². The van der Waals surface area contributed by atoms with Crippen LogP contribution in [0.5, 0.6) is 0 Å². The summed E-state index contributed by atoms with van der Waals surface area (Å²) in [5.74, 6) is 1.42. The maximum atomic E-state index is 8.71. The van der Waals surface area contributed by atoms with Gasteiger partial charge in [0.2, 0.25) is 0 Å². The minimum atomic E-state index is 0.389. The van der Waals surface area contributed by atoms with Crippen LogP contribution in [-0.4, -0.2) is 39.0 Å². The lowest BCUT2D eigenvalue weighted by molar-refractivity contribution is 0.000380. The van der Waals surface area contributed by atoms with Crippen LogP contribution >= 0.6 is 0 Å². The number of rotatable bonds is 7. The number of aryl methyl sites for hydroxylation is 1. The predicted octanol–water partition coefficient (Wildman–Crippen LogP) is 2.75. The van der Waals surface area contributed by atoms with Crippen LogP contribution in [0.15, 0.2) is 12.5 Å². The maximum absolute atomic E-state index is 8.71. The summed E-state index contributed by atoms with van der Waals surface area (Å²) >= 11 is 0. The van der Waals surface area contributed by atoms with E-state index in [1.807, 2.05) is 0 Å². The highest BCUT2D eigenvalue weighted by Crippen LogP contribution is 2.26. The molecule has 2 aromatic heterocycles. The quantitative estimate of drug-likeness (QED) is 0.786. The topological polar surface area (TPSA) is 88.7 Å². The molecule has 1 fully saturated rings. The van der Waals surface area contributed by atoms with Crippen molar-refractivity contribution in [3.05, 3.63) is 12.5 Å². The molecule has 1 N–H and O–H groups in total. The first-order valence-electron chi connectivity index (χ1n) is 8.68. The van der Waals surface area contributed by atoms with Crippen LogP contribution in [0.4, 0.5) is 5.82 Å². The van der Waals surface area contributed by atoms with Crippen LogP contribution in [0.1, 0.15) is 39.0 Å². The molecule has 0 radical (unpaired) electrons. The second-order valence-electron chi connectivity index (χ2n) is 6.33. The zero-order chi connectivity index (χ0) is 16.8. The fraction of sp³-hybridized carbons (Fsp3) is 0.647. The molecule has 0 aliphatic heterocycles. The SMILES string of the molecule is CC1CCCCC1OCCNc1ncnc2c1cnn2CCC#N. The number of aromatic nitrogens is 4. The smallest absolute Gasteiger partial charge is 0.163 e. The molecule has 2 heterocycles. The zero-order valence-electron chi connectivity index (χ0n) is 14.1. The molecule has 0 aromatic carbocycles. The van der Waals surface area contributed by atoms with Gasteiger partial charge in [-0.2, -0.15) is 10.4 Å². The number of ether oxygens (including phenoxy) is 1. The Morgan fingerprint density at radius 3 is 3.08 bits per heavy atom. The molecular formula is C17H24N6O. The monoisotopic (exact) mass is 328 g/mol. The summed E-state index contributed by atoms with van der Waals surface area (Å²) in [6.45, 7) is 4.20. The number of nitriles is 1. The van der Waals surface area contributed by atoms with E-state index < -0.39 is 0 Å². The van der Waals surface area contributed by atoms with Crippen molar-refractivity contribution >= 4 is 16.9 Å². The van der Waals surface area contributed by atoms with E-state index in [9.17, 15) is 0 Å². The van der Waals surface area contributed by atoms with Gasteiger partial charge in [-0.05, 0) is 18.8 Å². The Morgan fingerprint density at radius 2 is 2.25 bits per heavy atom. The van der Waals surface area contributed by atoms with Crippen molar-refractivity contribution in [1.29, 1.82) is 5.26 Å². The van der Waals surface area contributed by atoms with Gasteiger partial charge >= 0.3 is 0 Å². The van der Waals surface area contributed by atoms with E-state index in [1.165, 1.54) is 32.0 Å². The lowest BCUT2D eigenvalue weighted by Gasteiger charge is -2.28. The third-order valence-electron chi connectivity index (χ3n) is 4.63. The lowest BCUT2D eigenvalue weighted by Crippen LogP contribution is -2.27. The van der Waals surface area contributed by atoms with Gasteiger partial charge in [0.05, 0.1) is 43.3 Å². The molecule has 1 saturated carbocycles. The summed E-state index contributed by atoms with van der Waals surface area (Å²) in [6.07, 6.45) is 9.12. The van der Waals surface area contributed by atoms with E-state index in [-0.39, 0.29) is 0 Å². The molecule has 3 rings (SSSR count). The van der Waals surface area contributed by atoms with Crippen molar-refractivity contribution in [1.82, 2.24) is 19.7 Å². The fourth-order valence-electron chi connectivity index (χ4n) is 3.26. The minimum Gasteiger partial charge on any atom is -0.376 e. The highest BCUT2D eigenvalue weighted by Gasteiger charge is 2.21. The van der Waals surface area contributed by atoms with E-state index in [4.69, 9.17) is 10.00 Å². The van der Waals surface area contributed by atoms with Gasteiger partial charge in [-0.15, -0.1) is 0 Å². The Morgan fingerprint density at radius 1 is 1.38 bits per heavy atom. The van der Waals surface area contributed by atoms with Gasteiger partial charge in [-0.1, -0.05) is 19.8 Å². The third kappa shape index (κ3) is 3.82. The van der Waals surface area contributed by atoms with Gasteiger partial charge in [0.1, 0.15) is 12.1 Å². The van der Waals surface area contributed by atoms with Gasteiger partial charge in [0.25, 0.3) is 0 Å². The van der Waals surface area contributed by atoms with Crippen LogP contribution in [0.3, 0.4) is 0 Å². The first kappa shape index (κ1) is 16.7. The molecule has 128 valence electrons. The number of nitrogens with zero attached hydrogens (tertiary/aromatic N) is 5. The molecule has 2 unspecified atom stereocenters. The molecule has 0 amide bonds. The molecule has 7 nitrogen and oxygen atoms in total. The lowest BCUT2D eigenvalue weighted by atomic mass is 9.88. The molecule has 2 aromatic rings. The molecule has 0 saturated heterocycles. The van der Waals surface area contributed by atoms with Crippen molar-refractivity contribution in [2.75, 3.05) is 18.5 Å². The van der Waals surface area contributed by atoms with Crippen LogP contribution in [-0.2, 0) is 11.3 Å². The second kappa shape index (κ2) is 8.06. The van der Waals surface area contributed by atoms with Gasteiger partial charge in [0, 0.05) is 6.54 Å². The molecule has 1 aliphatic rings. The van der Waals surface area contributed by atoms with E-state index in [2.05, 4.69) is 33.4 Å². The molecule has 7 heteroatoms. The van der Waals surface area contributed by atoms with Crippen LogP contribution in [0.25, 0.3) is 11.0 Å². The Balaban J connectivity index is 1.55. The molecule has 24 heavy (non-hydrogen) atoms. The van der Waals surface area contributed by atoms with Crippen LogP contribution < -0.4 is 5.32 Å². The molecule has 2 atom stereocenters. The standard InChI is InChI=1S/C17H24N6O/c1-13-5-2-3-6-15(13)24-10-8-19-16-14-11-22-23(9-4-7-18)17(14)21-12-20-16/h11-13,15H,2-6,8-10H2,1H3,(H,19,20,21). The molecule has 0 spiro atoms. The number of anilines is 1. The van der Waals surface area contributed by atoms with E-state index in [0.717, 1.165) is 16.9 Å². The average Bonchev–Trinajstić information content (AvgIpc) is 3.02. The third-order valence-corrected chi connectivity index (χ3v) is 4.63. The maximum Gasteiger partial charge on any atom is 0.163 e. The van der Waals surface area contributed by atoms with Crippen LogP contribution in [0, 0.1) is 17.2 Å². The minimum absolute atomic E-state index is 0.389. The van der Waals surface area contributed by atoms with Gasteiger partial charge < -0.3 is 10.1 Å². The normalized spacial score (nSPS) is 20.8. The summed E-state index contributed by atoms with van der Waals surface area (Å²) in [7, 11) is 0. The zero-order valence-corrected chi connectivity index (χ0v) is 14.1. The Hall–Kier alpha value is -2.20. The number of nitrogens with one attached hydrogen (secondary N) is 1. The van der Waals surface area contributed by atoms with Crippen molar-refractivity contribution in [3.63, 3.8) is 0 Å². The summed E-state index contributed by atoms with van der Waals surface area (Å²) in [6, 6.07) is 2.13. The number of hydrogen-bond donors (Lipinski definition) is 1. The second-order valence-corrected chi connectivity index (χ2v) is 6.33. The van der Waals surface area contributed by atoms with Crippen molar-refractivity contribution in [2.45, 2.75) is 51.7 Å². The summed E-state index contributed by atoms with van der Waals surface area (Å²) in [4.78, 5) is 8.58. The summed E-state index contributed by atoms with van der Waals surface area (Å²) < 4.78 is 7.77. The van der Waals surface area contributed by atoms with Gasteiger partial charge in [-0.25, -0.2) is 14.6 Å². The summed E-state index contributed by atoms with van der Waals surface area (Å²) in [5.41, 5.74) is 0.754. The Labute approximate surface area is 142 Å². The number of hydrogen-bond acceptors (Lipinski definition) is 6. The van der Waals surface area contributed by atoms with Crippen molar-refractivity contribution < 1.29 is 4.74 Å². The number of fused-ring (bicyclic) bond motifs is 1. The van der Waals surface area contributed by atoms with Crippen molar-refractivity contribution in [3.8, 4) is 6.07 Å². The van der Waals surface area contributed by atoms with E-state index in [1.54, 1.807) is 10.9 Å². The molecule has 0 bridgehead atoms. The summed E-state index contributed by atoms with van der Waals surface area (Å²) in [5, 5.41) is 17.2. The predicted molar refractivity (Wildman–Crippen MR) is 91.4 cm³/mol. The first-order valence-corrected chi connectivity index (χ1v) is 8.68. The van der Waals surface area contributed by atoms with E-state index >= 15 is 0 Å². The Kier molecular flexibility index (Phi) is 5.59. The highest BCUT2D eigenvalue weighted by molar-refractivity contribution is 5.85. The first-order chi connectivity index (χ1) is 11.8. The largest absolute Gasteiger partial charge is 0.376 e. The highest BCUT2D eigenvalue weighted by atomic mass is 16.5.